The van der Waals surface area contributed by atoms with Crippen LogP contribution in [0.3, 0.4) is 0 Å². The number of aryl methyl sites for hydroxylation is 3. The van der Waals surface area contributed by atoms with Crippen LogP contribution in [-0.4, -0.2) is 25.5 Å². The molecule has 2 amide bonds. The number of amides is 2. The van der Waals surface area contributed by atoms with Crippen molar-refractivity contribution in [2.24, 2.45) is 0 Å². The zero-order valence-corrected chi connectivity index (χ0v) is 15.3. The van der Waals surface area contributed by atoms with E-state index in [1.807, 2.05) is 32.9 Å². The van der Waals surface area contributed by atoms with E-state index in [-0.39, 0.29) is 18.4 Å². The second kappa shape index (κ2) is 7.83. The Hall–Kier alpha value is -2.82. The normalized spacial score (nSPS) is 10.3. The summed E-state index contributed by atoms with van der Waals surface area (Å²) >= 11 is 0. The van der Waals surface area contributed by atoms with Crippen LogP contribution in [0.25, 0.3) is 0 Å². The third-order valence-electron chi connectivity index (χ3n) is 3.94. The lowest BCUT2D eigenvalue weighted by Gasteiger charge is -2.25. The smallest absolute Gasteiger partial charge is 0.244 e. The standard InChI is InChI=1S/C20H24N2O3/c1-13-9-14(2)20(15(3)10-13)22(16(4)23)12-19(24)21-17-7-6-8-18(11-17)25-5/h6-11H,12H2,1-5H3,(H,21,24). The molecule has 0 atom stereocenters. The van der Waals surface area contributed by atoms with Gasteiger partial charge in [-0.2, -0.15) is 0 Å². The highest BCUT2D eigenvalue weighted by Gasteiger charge is 2.20. The zero-order valence-electron chi connectivity index (χ0n) is 15.3. The van der Waals surface area contributed by atoms with Gasteiger partial charge in [-0.15, -0.1) is 0 Å². The highest BCUT2D eigenvalue weighted by atomic mass is 16.5. The molecule has 0 aliphatic rings. The number of carbonyl (C=O) groups excluding carboxylic acids is 2. The summed E-state index contributed by atoms with van der Waals surface area (Å²) in [5, 5.41) is 2.81. The Balaban J connectivity index is 2.22. The first-order chi connectivity index (χ1) is 11.8. The number of hydrogen-bond donors (Lipinski definition) is 1. The molecule has 2 aromatic carbocycles. The lowest BCUT2D eigenvalue weighted by molar-refractivity contribution is -0.120. The largest absolute Gasteiger partial charge is 0.497 e. The molecule has 2 rings (SSSR count). The minimum absolute atomic E-state index is 0.0444. The molecule has 0 bridgehead atoms. The van der Waals surface area contributed by atoms with Gasteiger partial charge in [-0.3, -0.25) is 9.59 Å². The number of methoxy groups -OCH3 is 1. The third kappa shape index (κ3) is 4.59. The van der Waals surface area contributed by atoms with Gasteiger partial charge in [-0.1, -0.05) is 23.8 Å². The Morgan fingerprint density at radius 3 is 2.28 bits per heavy atom. The summed E-state index contributed by atoms with van der Waals surface area (Å²) in [6, 6.07) is 11.1. The zero-order chi connectivity index (χ0) is 18.6. The van der Waals surface area contributed by atoms with Crippen molar-refractivity contribution in [2.45, 2.75) is 27.7 Å². The fraction of sp³-hybridized carbons (Fsp3) is 0.300. The predicted molar refractivity (Wildman–Crippen MR) is 100 cm³/mol. The van der Waals surface area contributed by atoms with Gasteiger partial charge in [0, 0.05) is 18.7 Å². The molecule has 1 N–H and O–H groups in total. The fourth-order valence-corrected chi connectivity index (χ4v) is 2.99. The fourth-order valence-electron chi connectivity index (χ4n) is 2.99. The molecule has 5 heteroatoms. The van der Waals surface area contributed by atoms with Crippen LogP contribution in [-0.2, 0) is 9.59 Å². The molecule has 0 unspecified atom stereocenters. The SMILES string of the molecule is COc1cccc(NC(=O)CN(C(C)=O)c2c(C)cc(C)cc2C)c1. The van der Waals surface area contributed by atoms with E-state index in [0.29, 0.717) is 11.4 Å². The molecule has 132 valence electrons. The van der Waals surface area contributed by atoms with Crippen molar-refractivity contribution in [3.05, 3.63) is 53.1 Å². The Bertz CT molecular complexity index is 776. The first-order valence-corrected chi connectivity index (χ1v) is 8.11. The summed E-state index contributed by atoms with van der Waals surface area (Å²) < 4.78 is 5.15. The van der Waals surface area contributed by atoms with Crippen LogP contribution in [0.15, 0.2) is 36.4 Å². The van der Waals surface area contributed by atoms with Gasteiger partial charge >= 0.3 is 0 Å². The summed E-state index contributed by atoms with van der Waals surface area (Å²) in [5.74, 6) is 0.227. The molecule has 2 aromatic rings. The number of nitrogens with zero attached hydrogens (tertiary/aromatic N) is 1. The molecular formula is C20H24N2O3. The summed E-state index contributed by atoms with van der Waals surface area (Å²) in [6.07, 6.45) is 0. The molecule has 0 saturated carbocycles. The van der Waals surface area contributed by atoms with Crippen LogP contribution in [0.5, 0.6) is 5.75 Å². The van der Waals surface area contributed by atoms with Crippen molar-refractivity contribution < 1.29 is 14.3 Å². The van der Waals surface area contributed by atoms with Crippen LogP contribution in [0.1, 0.15) is 23.6 Å². The molecule has 0 spiro atoms. The van der Waals surface area contributed by atoms with E-state index in [2.05, 4.69) is 5.32 Å². The summed E-state index contributed by atoms with van der Waals surface area (Å²) in [4.78, 5) is 26.1. The molecule has 0 aromatic heterocycles. The molecule has 25 heavy (non-hydrogen) atoms. The molecule has 0 aliphatic carbocycles. The van der Waals surface area contributed by atoms with Crippen LogP contribution in [0.4, 0.5) is 11.4 Å². The maximum absolute atomic E-state index is 12.4. The van der Waals surface area contributed by atoms with E-state index in [0.717, 1.165) is 22.4 Å². The van der Waals surface area contributed by atoms with Crippen molar-refractivity contribution in [2.75, 3.05) is 23.9 Å². The number of benzene rings is 2. The maximum Gasteiger partial charge on any atom is 0.244 e. The number of carbonyl (C=O) groups is 2. The average Bonchev–Trinajstić information content (AvgIpc) is 2.53. The number of rotatable bonds is 5. The van der Waals surface area contributed by atoms with Crippen molar-refractivity contribution in [3.8, 4) is 5.75 Å². The number of nitrogens with one attached hydrogen (secondary N) is 1. The Morgan fingerprint density at radius 1 is 1.08 bits per heavy atom. The van der Waals surface area contributed by atoms with E-state index < -0.39 is 0 Å². The quantitative estimate of drug-likeness (QED) is 0.904. The van der Waals surface area contributed by atoms with Crippen LogP contribution in [0.2, 0.25) is 0 Å². The Kier molecular flexibility index (Phi) is 5.80. The molecule has 0 fully saturated rings. The molecule has 0 aliphatic heterocycles. The predicted octanol–water partition coefficient (Wildman–Crippen LogP) is 3.61. The van der Waals surface area contributed by atoms with Gasteiger partial charge in [-0.25, -0.2) is 0 Å². The van der Waals surface area contributed by atoms with E-state index >= 15 is 0 Å². The van der Waals surface area contributed by atoms with Crippen molar-refractivity contribution in [1.82, 2.24) is 0 Å². The second-order valence-electron chi connectivity index (χ2n) is 6.13. The van der Waals surface area contributed by atoms with E-state index in [1.54, 1.807) is 31.4 Å². The van der Waals surface area contributed by atoms with Gasteiger partial charge in [0.25, 0.3) is 0 Å². The summed E-state index contributed by atoms with van der Waals surface area (Å²) in [7, 11) is 1.57. The summed E-state index contributed by atoms with van der Waals surface area (Å²) in [5.41, 5.74) is 4.50. The number of ether oxygens (including phenoxy) is 1. The summed E-state index contributed by atoms with van der Waals surface area (Å²) in [6.45, 7) is 7.34. The monoisotopic (exact) mass is 340 g/mol. The molecule has 0 radical (unpaired) electrons. The highest BCUT2D eigenvalue weighted by molar-refractivity contribution is 6.02. The highest BCUT2D eigenvalue weighted by Crippen LogP contribution is 2.26. The minimum atomic E-state index is -0.261. The number of hydrogen-bond acceptors (Lipinski definition) is 3. The molecular weight excluding hydrogens is 316 g/mol. The van der Waals surface area contributed by atoms with Crippen molar-refractivity contribution in [1.29, 1.82) is 0 Å². The van der Waals surface area contributed by atoms with Gasteiger partial charge < -0.3 is 15.0 Å². The first-order valence-electron chi connectivity index (χ1n) is 8.11. The Morgan fingerprint density at radius 2 is 1.72 bits per heavy atom. The molecule has 5 nitrogen and oxygen atoms in total. The number of anilines is 2. The van der Waals surface area contributed by atoms with E-state index in [1.165, 1.54) is 11.8 Å². The van der Waals surface area contributed by atoms with Crippen molar-refractivity contribution >= 4 is 23.2 Å². The Labute approximate surface area is 148 Å². The topological polar surface area (TPSA) is 58.6 Å². The van der Waals surface area contributed by atoms with Gasteiger partial charge in [0.05, 0.1) is 12.8 Å². The first kappa shape index (κ1) is 18.5. The maximum atomic E-state index is 12.4. The van der Waals surface area contributed by atoms with E-state index in [9.17, 15) is 9.59 Å². The van der Waals surface area contributed by atoms with E-state index in [4.69, 9.17) is 4.74 Å². The average molecular weight is 340 g/mol. The molecule has 0 saturated heterocycles. The lowest BCUT2D eigenvalue weighted by Crippen LogP contribution is -2.37. The van der Waals surface area contributed by atoms with Gasteiger partial charge in [0.15, 0.2) is 0 Å². The van der Waals surface area contributed by atoms with Gasteiger partial charge in [-0.05, 0) is 44.0 Å². The molecule has 0 heterocycles. The van der Waals surface area contributed by atoms with Crippen LogP contribution in [0, 0.1) is 20.8 Å². The minimum Gasteiger partial charge on any atom is -0.497 e. The van der Waals surface area contributed by atoms with Crippen LogP contribution < -0.4 is 15.0 Å². The van der Waals surface area contributed by atoms with Gasteiger partial charge in [0.1, 0.15) is 12.3 Å². The van der Waals surface area contributed by atoms with Crippen LogP contribution >= 0.6 is 0 Å². The van der Waals surface area contributed by atoms with Crippen molar-refractivity contribution in [3.63, 3.8) is 0 Å². The van der Waals surface area contributed by atoms with Gasteiger partial charge in [0.2, 0.25) is 11.8 Å². The second-order valence-corrected chi connectivity index (χ2v) is 6.13. The lowest BCUT2D eigenvalue weighted by atomic mass is 10.0. The third-order valence-corrected chi connectivity index (χ3v) is 3.94.